The molecule has 0 atom stereocenters. The van der Waals surface area contributed by atoms with Crippen LogP contribution in [0.25, 0.3) is 0 Å². The van der Waals surface area contributed by atoms with Crippen LogP contribution in [0.3, 0.4) is 0 Å². The maximum atomic E-state index is 13.2. The number of nitriles is 1. The third-order valence-corrected chi connectivity index (χ3v) is 1.68. The van der Waals surface area contributed by atoms with Crippen LogP contribution in [0.15, 0.2) is 12.3 Å². The minimum absolute atomic E-state index is 0.0138. The summed E-state index contributed by atoms with van der Waals surface area (Å²) in [5.41, 5.74) is 0.118. The molecule has 15 heavy (non-hydrogen) atoms. The number of hydrogen-bond donors (Lipinski definition) is 0. The van der Waals surface area contributed by atoms with E-state index in [4.69, 9.17) is 5.26 Å². The lowest BCUT2D eigenvalue weighted by molar-refractivity contribution is -0.142. The van der Waals surface area contributed by atoms with Crippen LogP contribution < -0.4 is 0 Å². The number of hydrogen-bond acceptors (Lipinski definition) is 4. The van der Waals surface area contributed by atoms with Gasteiger partial charge in [-0.25, -0.2) is 9.37 Å². The van der Waals surface area contributed by atoms with E-state index in [0.29, 0.717) is 0 Å². The van der Waals surface area contributed by atoms with E-state index in [-0.39, 0.29) is 24.3 Å². The number of nitrogens with zero attached hydrogens (tertiary/aromatic N) is 2. The van der Waals surface area contributed by atoms with Crippen molar-refractivity contribution in [1.29, 1.82) is 5.26 Å². The fourth-order valence-electron chi connectivity index (χ4n) is 1.02. The summed E-state index contributed by atoms with van der Waals surface area (Å²) in [4.78, 5) is 14.7. The average molecular weight is 208 g/mol. The fourth-order valence-corrected chi connectivity index (χ4v) is 1.02. The Morgan fingerprint density at radius 2 is 2.47 bits per heavy atom. The Kier molecular flexibility index (Phi) is 3.75. The monoisotopic (exact) mass is 208 g/mol. The van der Waals surface area contributed by atoms with Crippen molar-refractivity contribution in [3.05, 3.63) is 29.3 Å². The number of esters is 1. The van der Waals surface area contributed by atoms with Gasteiger partial charge in [-0.3, -0.25) is 4.79 Å². The molecular formula is C10H9FN2O2. The number of rotatable bonds is 3. The standard InChI is InChI=1S/C10H9FN2O2/c1-2-15-10(14)3-7-6-13-8(5-12)4-9(7)11/h4,6H,2-3H2,1H3. The van der Waals surface area contributed by atoms with Crippen molar-refractivity contribution in [2.45, 2.75) is 13.3 Å². The molecule has 1 rings (SSSR count). The van der Waals surface area contributed by atoms with Crippen molar-refractivity contribution in [2.75, 3.05) is 6.61 Å². The molecular weight excluding hydrogens is 199 g/mol. The molecule has 0 unspecified atom stereocenters. The quantitative estimate of drug-likeness (QED) is 0.700. The van der Waals surface area contributed by atoms with Crippen molar-refractivity contribution >= 4 is 5.97 Å². The third kappa shape index (κ3) is 3.02. The van der Waals surface area contributed by atoms with Crippen LogP contribution in [0.1, 0.15) is 18.2 Å². The van der Waals surface area contributed by atoms with Gasteiger partial charge < -0.3 is 4.74 Å². The molecule has 0 fully saturated rings. The number of ether oxygens (including phenoxy) is 1. The summed E-state index contributed by atoms with van der Waals surface area (Å²) in [6, 6.07) is 2.70. The van der Waals surface area contributed by atoms with Crippen LogP contribution in [0, 0.1) is 17.1 Å². The molecule has 4 nitrogen and oxygen atoms in total. The van der Waals surface area contributed by atoms with Gasteiger partial charge in [-0.05, 0) is 6.92 Å². The molecule has 0 radical (unpaired) electrons. The van der Waals surface area contributed by atoms with Crippen molar-refractivity contribution in [1.82, 2.24) is 4.98 Å². The molecule has 78 valence electrons. The van der Waals surface area contributed by atoms with E-state index in [1.54, 1.807) is 13.0 Å². The Morgan fingerprint density at radius 3 is 3.00 bits per heavy atom. The van der Waals surface area contributed by atoms with Crippen LogP contribution >= 0.6 is 0 Å². The van der Waals surface area contributed by atoms with Gasteiger partial charge in [-0.15, -0.1) is 0 Å². The maximum absolute atomic E-state index is 13.2. The lowest BCUT2D eigenvalue weighted by Gasteiger charge is -2.02. The second-order valence-electron chi connectivity index (χ2n) is 2.75. The van der Waals surface area contributed by atoms with Crippen molar-refractivity contribution in [3.63, 3.8) is 0 Å². The molecule has 1 aromatic heterocycles. The van der Waals surface area contributed by atoms with Gasteiger partial charge in [0.25, 0.3) is 0 Å². The second-order valence-corrected chi connectivity index (χ2v) is 2.75. The number of aromatic nitrogens is 1. The zero-order chi connectivity index (χ0) is 11.3. The molecule has 0 aliphatic rings. The van der Waals surface area contributed by atoms with Gasteiger partial charge in [0.1, 0.15) is 17.6 Å². The van der Waals surface area contributed by atoms with Crippen LogP contribution in [-0.4, -0.2) is 17.6 Å². The van der Waals surface area contributed by atoms with E-state index in [0.717, 1.165) is 6.07 Å². The zero-order valence-electron chi connectivity index (χ0n) is 8.16. The van der Waals surface area contributed by atoms with E-state index >= 15 is 0 Å². The topological polar surface area (TPSA) is 63.0 Å². The van der Waals surface area contributed by atoms with Gasteiger partial charge in [-0.2, -0.15) is 5.26 Å². The lowest BCUT2D eigenvalue weighted by atomic mass is 10.2. The van der Waals surface area contributed by atoms with E-state index in [1.165, 1.54) is 6.20 Å². The summed E-state index contributed by atoms with van der Waals surface area (Å²) < 4.78 is 17.9. The molecule has 0 spiro atoms. The minimum Gasteiger partial charge on any atom is -0.466 e. The summed E-state index contributed by atoms with van der Waals surface area (Å²) >= 11 is 0. The first kappa shape index (κ1) is 11.1. The number of halogens is 1. The summed E-state index contributed by atoms with van der Waals surface area (Å²) in [5.74, 6) is -1.13. The average Bonchev–Trinajstić information content (AvgIpc) is 2.21. The van der Waals surface area contributed by atoms with E-state index in [1.807, 2.05) is 0 Å². The highest BCUT2D eigenvalue weighted by Crippen LogP contribution is 2.08. The number of carbonyl (C=O) groups is 1. The smallest absolute Gasteiger partial charge is 0.310 e. The molecule has 0 aliphatic carbocycles. The Labute approximate surface area is 86.3 Å². The zero-order valence-corrected chi connectivity index (χ0v) is 8.16. The van der Waals surface area contributed by atoms with Crippen molar-refractivity contribution in [2.24, 2.45) is 0 Å². The first-order chi connectivity index (χ1) is 7.17. The molecule has 5 heteroatoms. The molecule has 0 amide bonds. The summed E-state index contributed by atoms with van der Waals surface area (Å²) in [6.45, 7) is 1.93. The molecule has 0 saturated heterocycles. The molecule has 0 bridgehead atoms. The summed E-state index contributed by atoms with van der Waals surface area (Å²) in [7, 11) is 0. The van der Waals surface area contributed by atoms with Crippen LogP contribution in [-0.2, 0) is 16.0 Å². The van der Waals surface area contributed by atoms with Crippen LogP contribution in [0.4, 0.5) is 4.39 Å². The maximum Gasteiger partial charge on any atom is 0.310 e. The predicted molar refractivity (Wildman–Crippen MR) is 49.2 cm³/mol. The highest BCUT2D eigenvalue weighted by molar-refractivity contribution is 5.72. The summed E-state index contributed by atoms with van der Waals surface area (Å²) in [6.07, 6.45) is 1.00. The fraction of sp³-hybridized carbons (Fsp3) is 0.300. The Balaban J connectivity index is 2.79. The van der Waals surface area contributed by atoms with Gasteiger partial charge in [0, 0.05) is 17.8 Å². The number of carbonyl (C=O) groups excluding carboxylic acids is 1. The second kappa shape index (κ2) is 5.05. The molecule has 1 aromatic rings. The Bertz CT molecular complexity index is 412. The van der Waals surface area contributed by atoms with Gasteiger partial charge in [0.2, 0.25) is 0 Å². The van der Waals surface area contributed by atoms with Crippen molar-refractivity contribution < 1.29 is 13.9 Å². The Hall–Kier alpha value is -1.96. The van der Waals surface area contributed by atoms with E-state index < -0.39 is 11.8 Å². The SMILES string of the molecule is CCOC(=O)Cc1cnc(C#N)cc1F. The molecule has 0 saturated carbocycles. The first-order valence-corrected chi connectivity index (χ1v) is 4.37. The minimum atomic E-state index is -0.616. The predicted octanol–water partition coefficient (Wildman–Crippen LogP) is 1.20. The molecule has 0 N–H and O–H groups in total. The molecule has 0 aromatic carbocycles. The lowest BCUT2D eigenvalue weighted by Crippen LogP contribution is -2.09. The number of pyridine rings is 1. The van der Waals surface area contributed by atoms with Gasteiger partial charge >= 0.3 is 5.97 Å². The highest BCUT2D eigenvalue weighted by Gasteiger charge is 2.10. The van der Waals surface area contributed by atoms with Crippen molar-refractivity contribution in [3.8, 4) is 6.07 Å². The van der Waals surface area contributed by atoms with E-state index in [2.05, 4.69) is 9.72 Å². The molecule has 0 aliphatic heterocycles. The highest BCUT2D eigenvalue weighted by atomic mass is 19.1. The normalized spacial score (nSPS) is 9.40. The summed E-state index contributed by atoms with van der Waals surface area (Å²) in [5, 5.41) is 8.45. The Morgan fingerprint density at radius 1 is 1.73 bits per heavy atom. The van der Waals surface area contributed by atoms with Crippen LogP contribution in [0.2, 0.25) is 0 Å². The van der Waals surface area contributed by atoms with E-state index in [9.17, 15) is 9.18 Å². The van der Waals surface area contributed by atoms with Gasteiger partial charge in [0.15, 0.2) is 0 Å². The molecule has 1 heterocycles. The van der Waals surface area contributed by atoms with Crippen LogP contribution in [0.5, 0.6) is 0 Å². The van der Waals surface area contributed by atoms with Gasteiger partial charge in [0.05, 0.1) is 13.0 Å². The third-order valence-electron chi connectivity index (χ3n) is 1.68. The van der Waals surface area contributed by atoms with Gasteiger partial charge in [-0.1, -0.05) is 0 Å². The largest absolute Gasteiger partial charge is 0.466 e. The first-order valence-electron chi connectivity index (χ1n) is 4.37.